The molecule has 0 unspecified atom stereocenters. The van der Waals surface area contributed by atoms with Crippen LogP contribution in [0.3, 0.4) is 0 Å². The van der Waals surface area contributed by atoms with Gasteiger partial charge in [-0.05, 0) is 26.0 Å². The lowest BCUT2D eigenvalue weighted by molar-refractivity contribution is 0.102. The van der Waals surface area contributed by atoms with Crippen LogP contribution in [0.5, 0.6) is 0 Å². The van der Waals surface area contributed by atoms with Gasteiger partial charge in [-0.2, -0.15) is 4.31 Å². The van der Waals surface area contributed by atoms with Gasteiger partial charge in [-0.15, -0.1) is 0 Å². The van der Waals surface area contributed by atoms with Gasteiger partial charge in [0.25, 0.3) is 5.91 Å². The molecule has 1 aromatic heterocycles. The predicted octanol–water partition coefficient (Wildman–Crippen LogP) is 2.00. The molecular weight excluding hydrogens is 366 g/mol. The first-order valence-corrected chi connectivity index (χ1v) is 10.4. The highest BCUT2D eigenvalue weighted by atomic mass is 32.2. The molecule has 1 aliphatic heterocycles. The number of benzene rings is 1. The SMILES string of the molecule is CCS(=O)(=O)N1CCN(c2cnc(C)c(C(=O)Nc3ccccc3)n2)CC1.[HH].[HH]. The summed E-state index contributed by atoms with van der Waals surface area (Å²) in [5.41, 5.74) is 1.49. The number of hydrogen-bond donors (Lipinski definition) is 1. The first-order chi connectivity index (χ1) is 12.9. The molecule has 0 radical (unpaired) electrons. The van der Waals surface area contributed by atoms with Gasteiger partial charge < -0.3 is 10.2 Å². The molecule has 27 heavy (non-hydrogen) atoms. The Kier molecular flexibility index (Phi) is 5.71. The van der Waals surface area contributed by atoms with Crippen molar-refractivity contribution in [1.82, 2.24) is 14.3 Å². The molecule has 2 aromatic rings. The molecule has 0 saturated carbocycles. The Morgan fingerprint density at radius 1 is 1.19 bits per heavy atom. The van der Waals surface area contributed by atoms with Crippen LogP contribution in [0.15, 0.2) is 36.5 Å². The van der Waals surface area contributed by atoms with Gasteiger partial charge in [-0.1, -0.05) is 18.2 Å². The highest BCUT2D eigenvalue weighted by Gasteiger charge is 2.26. The minimum Gasteiger partial charge on any atom is -0.353 e. The van der Waals surface area contributed by atoms with Gasteiger partial charge in [0.15, 0.2) is 5.69 Å². The maximum absolute atomic E-state index is 12.6. The first kappa shape index (κ1) is 19.2. The number of para-hydroxylation sites is 1. The van der Waals surface area contributed by atoms with Gasteiger partial charge in [0.1, 0.15) is 5.82 Å². The van der Waals surface area contributed by atoms with Gasteiger partial charge in [0.2, 0.25) is 10.0 Å². The lowest BCUT2D eigenvalue weighted by atomic mass is 10.2. The molecule has 148 valence electrons. The van der Waals surface area contributed by atoms with Crippen molar-refractivity contribution in [2.24, 2.45) is 0 Å². The quantitative estimate of drug-likeness (QED) is 0.835. The highest BCUT2D eigenvalue weighted by molar-refractivity contribution is 7.89. The van der Waals surface area contributed by atoms with Gasteiger partial charge in [0.05, 0.1) is 17.6 Å². The Hall–Kier alpha value is -2.52. The molecule has 2 heterocycles. The number of piperazine rings is 1. The van der Waals surface area contributed by atoms with Gasteiger partial charge in [-0.3, -0.25) is 9.78 Å². The number of hydrogen-bond acceptors (Lipinski definition) is 6. The van der Waals surface area contributed by atoms with Crippen molar-refractivity contribution < 1.29 is 16.1 Å². The average Bonchev–Trinajstić information content (AvgIpc) is 2.69. The van der Waals surface area contributed by atoms with E-state index in [0.717, 1.165) is 0 Å². The van der Waals surface area contributed by atoms with Crippen molar-refractivity contribution in [2.75, 3.05) is 42.1 Å². The normalized spacial score (nSPS) is 15.6. The lowest BCUT2D eigenvalue weighted by Crippen LogP contribution is -2.49. The zero-order chi connectivity index (χ0) is 19.4. The summed E-state index contributed by atoms with van der Waals surface area (Å²) in [6.45, 7) is 5.20. The van der Waals surface area contributed by atoms with Crippen LogP contribution >= 0.6 is 0 Å². The molecule has 1 N–H and O–H groups in total. The molecule has 8 nitrogen and oxygen atoms in total. The number of anilines is 2. The molecule has 3 rings (SSSR count). The van der Waals surface area contributed by atoms with Crippen molar-refractivity contribution in [1.29, 1.82) is 0 Å². The Morgan fingerprint density at radius 3 is 2.48 bits per heavy atom. The van der Waals surface area contributed by atoms with E-state index in [2.05, 4.69) is 15.3 Å². The average molecular weight is 394 g/mol. The molecule has 1 fully saturated rings. The molecule has 1 aliphatic rings. The van der Waals surface area contributed by atoms with Crippen molar-refractivity contribution in [3.05, 3.63) is 47.9 Å². The summed E-state index contributed by atoms with van der Waals surface area (Å²) in [6.07, 6.45) is 1.62. The van der Waals surface area contributed by atoms with Crippen LogP contribution in [0.2, 0.25) is 0 Å². The molecule has 0 aliphatic carbocycles. The zero-order valence-electron chi connectivity index (χ0n) is 15.4. The van der Waals surface area contributed by atoms with Crippen molar-refractivity contribution >= 4 is 27.4 Å². The van der Waals surface area contributed by atoms with E-state index in [1.165, 1.54) is 4.31 Å². The number of carbonyl (C=O) groups is 1. The minimum atomic E-state index is -3.18. The van der Waals surface area contributed by atoms with E-state index in [0.29, 0.717) is 43.4 Å². The summed E-state index contributed by atoms with van der Waals surface area (Å²) in [7, 11) is -3.18. The number of amides is 1. The predicted molar refractivity (Wildman–Crippen MR) is 109 cm³/mol. The molecule has 9 heteroatoms. The second-order valence-electron chi connectivity index (χ2n) is 6.27. The van der Waals surface area contributed by atoms with E-state index in [4.69, 9.17) is 0 Å². The third-order valence-corrected chi connectivity index (χ3v) is 6.39. The molecule has 1 aromatic carbocycles. The molecule has 1 saturated heterocycles. The van der Waals surface area contributed by atoms with E-state index in [1.807, 2.05) is 23.1 Å². The number of carbonyl (C=O) groups excluding carboxylic acids is 1. The van der Waals surface area contributed by atoms with E-state index < -0.39 is 10.0 Å². The third-order valence-electron chi connectivity index (χ3n) is 4.51. The molecule has 1 amide bonds. The number of nitrogens with zero attached hydrogens (tertiary/aromatic N) is 4. The van der Waals surface area contributed by atoms with Crippen LogP contribution in [0.4, 0.5) is 11.5 Å². The second-order valence-corrected chi connectivity index (χ2v) is 8.53. The standard InChI is InChI=1S/C18H23N5O3S.2H2/c1-3-27(25,26)23-11-9-22(10-12-23)16-13-19-14(2)17(21-16)18(24)20-15-7-5-4-6-8-15;;/h4-8,13H,3,9-12H2,1-2H3,(H,20,24);2*1H. The summed E-state index contributed by atoms with van der Waals surface area (Å²) < 4.78 is 25.5. The third kappa shape index (κ3) is 4.42. The second kappa shape index (κ2) is 8.01. The number of aromatic nitrogens is 2. The Bertz CT molecular complexity index is 920. The van der Waals surface area contributed by atoms with E-state index >= 15 is 0 Å². The fourth-order valence-corrected chi connectivity index (χ4v) is 3.98. The van der Waals surface area contributed by atoms with Crippen molar-refractivity contribution in [2.45, 2.75) is 13.8 Å². The lowest BCUT2D eigenvalue weighted by Gasteiger charge is -2.34. The highest BCUT2D eigenvalue weighted by Crippen LogP contribution is 2.17. The van der Waals surface area contributed by atoms with Crippen LogP contribution in [-0.2, 0) is 10.0 Å². The summed E-state index contributed by atoms with van der Waals surface area (Å²) in [4.78, 5) is 23.3. The van der Waals surface area contributed by atoms with Crippen LogP contribution in [0.25, 0.3) is 0 Å². The topological polar surface area (TPSA) is 95.5 Å². The zero-order valence-corrected chi connectivity index (χ0v) is 16.2. The number of rotatable bonds is 5. The number of nitrogens with one attached hydrogen (secondary N) is 1. The maximum atomic E-state index is 12.6. The Labute approximate surface area is 162 Å². The molecular formula is C18H27N5O3S. The summed E-state index contributed by atoms with van der Waals surface area (Å²) >= 11 is 0. The van der Waals surface area contributed by atoms with Crippen LogP contribution in [0.1, 0.15) is 26.0 Å². The van der Waals surface area contributed by atoms with Crippen molar-refractivity contribution in [3.63, 3.8) is 0 Å². The largest absolute Gasteiger partial charge is 0.353 e. The molecule has 0 bridgehead atoms. The number of aryl methyl sites for hydroxylation is 1. The Morgan fingerprint density at radius 2 is 1.85 bits per heavy atom. The van der Waals surface area contributed by atoms with Gasteiger partial charge in [0, 0.05) is 34.7 Å². The fourth-order valence-electron chi connectivity index (χ4n) is 2.90. The maximum Gasteiger partial charge on any atom is 0.276 e. The van der Waals surface area contributed by atoms with Crippen molar-refractivity contribution in [3.8, 4) is 0 Å². The molecule has 0 spiro atoms. The van der Waals surface area contributed by atoms with E-state index in [-0.39, 0.29) is 20.2 Å². The summed E-state index contributed by atoms with van der Waals surface area (Å²) in [5, 5.41) is 2.82. The Balaban J connectivity index is 0.00000210. The smallest absolute Gasteiger partial charge is 0.276 e. The number of sulfonamides is 1. The van der Waals surface area contributed by atoms with E-state index in [9.17, 15) is 13.2 Å². The monoisotopic (exact) mass is 393 g/mol. The van der Waals surface area contributed by atoms with Crippen LogP contribution < -0.4 is 10.2 Å². The van der Waals surface area contributed by atoms with Crippen LogP contribution in [-0.4, -0.2) is 60.5 Å². The molecule has 0 atom stereocenters. The van der Waals surface area contributed by atoms with Gasteiger partial charge >= 0.3 is 0 Å². The van der Waals surface area contributed by atoms with Crippen LogP contribution in [0, 0.1) is 6.92 Å². The minimum absolute atomic E-state index is 0. The fraction of sp³-hybridized carbons (Fsp3) is 0.389. The van der Waals surface area contributed by atoms with Gasteiger partial charge in [-0.25, -0.2) is 13.4 Å². The van der Waals surface area contributed by atoms with E-state index in [1.54, 1.807) is 32.2 Å². The first-order valence-electron chi connectivity index (χ1n) is 8.83. The summed E-state index contributed by atoms with van der Waals surface area (Å²) in [6, 6.07) is 9.17. The summed E-state index contributed by atoms with van der Waals surface area (Å²) in [5.74, 6) is 0.355.